The van der Waals surface area contributed by atoms with Gasteiger partial charge in [-0.15, -0.1) is 0 Å². The molecule has 0 saturated carbocycles. The monoisotopic (exact) mass is 280 g/mol. The van der Waals surface area contributed by atoms with Gasteiger partial charge in [0.2, 0.25) is 0 Å². The van der Waals surface area contributed by atoms with Crippen molar-refractivity contribution in [3.63, 3.8) is 0 Å². The summed E-state index contributed by atoms with van der Waals surface area (Å²) in [6.45, 7) is 0. The number of hydrogen-bond acceptors (Lipinski definition) is 2. The minimum absolute atomic E-state index is 0.728. The van der Waals surface area contributed by atoms with E-state index in [0.29, 0.717) is 0 Å². The summed E-state index contributed by atoms with van der Waals surface area (Å²) in [5.74, 6) is 0. The first kappa shape index (κ1) is 12.7. The van der Waals surface area contributed by atoms with Crippen LogP contribution in [0.15, 0.2) is 66.9 Å². The van der Waals surface area contributed by atoms with Gasteiger partial charge < -0.3 is 5.73 Å². The van der Waals surface area contributed by atoms with E-state index in [9.17, 15) is 0 Å². The number of pyridine rings is 1. The van der Waals surface area contributed by atoms with Gasteiger partial charge in [-0.25, -0.2) is 0 Å². The van der Waals surface area contributed by atoms with E-state index in [4.69, 9.17) is 17.3 Å². The predicted molar refractivity (Wildman–Crippen MR) is 84.5 cm³/mol. The van der Waals surface area contributed by atoms with Gasteiger partial charge in [0.15, 0.2) is 0 Å². The van der Waals surface area contributed by atoms with Crippen molar-refractivity contribution in [3.05, 3.63) is 71.9 Å². The number of benzene rings is 2. The molecule has 2 nitrogen and oxygen atoms in total. The van der Waals surface area contributed by atoms with Crippen LogP contribution < -0.4 is 5.73 Å². The van der Waals surface area contributed by atoms with Crippen LogP contribution in [0.3, 0.4) is 0 Å². The van der Waals surface area contributed by atoms with Crippen molar-refractivity contribution < 1.29 is 0 Å². The third-order valence-electron chi connectivity index (χ3n) is 3.15. The van der Waals surface area contributed by atoms with Gasteiger partial charge in [-0.1, -0.05) is 41.9 Å². The Kier molecular flexibility index (Phi) is 3.40. The first-order chi connectivity index (χ1) is 9.74. The Labute approximate surface area is 122 Å². The number of halogens is 1. The average Bonchev–Trinajstić information content (AvgIpc) is 2.49. The highest BCUT2D eigenvalue weighted by Crippen LogP contribution is 2.31. The fourth-order valence-corrected chi connectivity index (χ4v) is 2.26. The molecular weight excluding hydrogens is 268 g/mol. The third kappa shape index (κ3) is 2.51. The number of nitrogen functional groups attached to an aromatic ring is 1. The zero-order valence-electron chi connectivity index (χ0n) is 10.8. The van der Waals surface area contributed by atoms with E-state index in [1.807, 2.05) is 54.6 Å². The minimum Gasteiger partial charge on any atom is -0.399 e. The lowest BCUT2D eigenvalue weighted by atomic mass is 9.99. The summed E-state index contributed by atoms with van der Waals surface area (Å²) >= 11 is 5.94. The summed E-state index contributed by atoms with van der Waals surface area (Å²) in [6.07, 6.45) is 1.80. The van der Waals surface area contributed by atoms with Crippen LogP contribution in [0.5, 0.6) is 0 Å². The maximum atomic E-state index is 5.94. The molecule has 1 aromatic heterocycles. The molecule has 0 saturated heterocycles. The second kappa shape index (κ2) is 5.35. The van der Waals surface area contributed by atoms with Crippen LogP contribution in [-0.2, 0) is 0 Å². The van der Waals surface area contributed by atoms with Crippen LogP contribution in [0.25, 0.3) is 22.4 Å². The quantitative estimate of drug-likeness (QED) is 0.694. The summed E-state index contributed by atoms with van der Waals surface area (Å²) in [4.78, 5) is 4.50. The van der Waals surface area contributed by atoms with Gasteiger partial charge in [0.25, 0.3) is 0 Å². The summed E-state index contributed by atoms with van der Waals surface area (Å²) in [6, 6.07) is 19.5. The maximum absolute atomic E-state index is 5.94. The van der Waals surface area contributed by atoms with Crippen LogP contribution >= 0.6 is 11.6 Å². The molecule has 20 heavy (non-hydrogen) atoms. The Morgan fingerprint density at radius 2 is 1.45 bits per heavy atom. The summed E-state index contributed by atoms with van der Waals surface area (Å²) < 4.78 is 0. The molecule has 2 aromatic carbocycles. The van der Waals surface area contributed by atoms with Gasteiger partial charge in [-0.05, 0) is 35.9 Å². The van der Waals surface area contributed by atoms with Crippen LogP contribution in [0, 0.1) is 0 Å². The Balaban J connectivity index is 2.13. The third-order valence-corrected chi connectivity index (χ3v) is 3.40. The van der Waals surface area contributed by atoms with Gasteiger partial charge in [0.05, 0.1) is 5.69 Å². The van der Waals surface area contributed by atoms with Crippen LogP contribution in [0.4, 0.5) is 5.69 Å². The molecule has 0 bridgehead atoms. The molecule has 0 fully saturated rings. The fourth-order valence-electron chi connectivity index (χ4n) is 2.14. The molecule has 0 unspecified atom stereocenters. The molecule has 3 heteroatoms. The van der Waals surface area contributed by atoms with Crippen LogP contribution in [0.2, 0.25) is 5.02 Å². The highest BCUT2D eigenvalue weighted by atomic mass is 35.5. The number of aromatic nitrogens is 1. The van der Waals surface area contributed by atoms with Crippen LogP contribution in [0.1, 0.15) is 0 Å². The molecule has 0 spiro atoms. The van der Waals surface area contributed by atoms with E-state index in [1.165, 1.54) is 0 Å². The molecular formula is C17H13ClN2. The smallest absolute Gasteiger partial charge is 0.0780 e. The maximum Gasteiger partial charge on any atom is 0.0780 e. The molecule has 3 aromatic rings. The molecule has 0 aliphatic heterocycles. The van der Waals surface area contributed by atoms with Gasteiger partial charge in [0.1, 0.15) is 0 Å². The fraction of sp³-hybridized carbons (Fsp3) is 0. The molecule has 0 atom stereocenters. The molecule has 98 valence electrons. The molecule has 2 N–H and O–H groups in total. The lowest BCUT2D eigenvalue weighted by Crippen LogP contribution is -1.90. The van der Waals surface area contributed by atoms with E-state index < -0.39 is 0 Å². The molecule has 0 aliphatic carbocycles. The Hall–Kier alpha value is -2.32. The summed E-state index contributed by atoms with van der Waals surface area (Å²) in [7, 11) is 0. The Morgan fingerprint density at radius 3 is 2.15 bits per heavy atom. The molecule has 0 aliphatic rings. The van der Waals surface area contributed by atoms with Gasteiger partial charge in [0, 0.05) is 28.0 Å². The van der Waals surface area contributed by atoms with E-state index in [-0.39, 0.29) is 0 Å². The van der Waals surface area contributed by atoms with Gasteiger partial charge in [-0.3, -0.25) is 4.98 Å². The predicted octanol–water partition coefficient (Wildman–Crippen LogP) is 4.65. The van der Waals surface area contributed by atoms with Crippen molar-refractivity contribution in [2.75, 3.05) is 5.73 Å². The number of nitrogens with two attached hydrogens (primary N) is 1. The zero-order valence-corrected chi connectivity index (χ0v) is 11.5. The van der Waals surface area contributed by atoms with Crippen molar-refractivity contribution in [3.8, 4) is 22.4 Å². The summed E-state index contributed by atoms with van der Waals surface area (Å²) in [5, 5.41) is 0.728. The van der Waals surface area contributed by atoms with Crippen molar-refractivity contribution in [1.29, 1.82) is 0 Å². The van der Waals surface area contributed by atoms with Crippen molar-refractivity contribution in [2.45, 2.75) is 0 Å². The van der Waals surface area contributed by atoms with E-state index >= 15 is 0 Å². The zero-order chi connectivity index (χ0) is 13.9. The Morgan fingerprint density at radius 1 is 0.800 bits per heavy atom. The lowest BCUT2D eigenvalue weighted by molar-refractivity contribution is 1.33. The normalized spacial score (nSPS) is 10.4. The molecule has 3 rings (SSSR count). The van der Waals surface area contributed by atoms with Crippen molar-refractivity contribution in [1.82, 2.24) is 4.98 Å². The molecule has 0 radical (unpaired) electrons. The number of hydrogen-bond donors (Lipinski definition) is 1. The van der Waals surface area contributed by atoms with Crippen molar-refractivity contribution in [2.24, 2.45) is 0 Å². The van der Waals surface area contributed by atoms with Crippen LogP contribution in [-0.4, -0.2) is 4.98 Å². The highest BCUT2D eigenvalue weighted by Gasteiger charge is 2.08. The second-order valence-electron chi connectivity index (χ2n) is 4.53. The SMILES string of the molecule is Nc1ccc(-c2ncccc2-c2ccc(Cl)cc2)cc1. The largest absolute Gasteiger partial charge is 0.399 e. The number of anilines is 1. The molecule has 0 amide bonds. The van der Waals surface area contributed by atoms with E-state index in [2.05, 4.69) is 11.1 Å². The minimum atomic E-state index is 0.728. The Bertz CT molecular complexity index is 654. The first-order valence-electron chi connectivity index (χ1n) is 6.31. The van der Waals surface area contributed by atoms with Crippen molar-refractivity contribution >= 4 is 17.3 Å². The second-order valence-corrected chi connectivity index (χ2v) is 4.96. The molecule has 1 heterocycles. The summed E-state index contributed by atoms with van der Waals surface area (Å²) in [5.41, 5.74) is 10.6. The number of rotatable bonds is 2. The number of nitrogens with zero attached hydrogens (tertiary/aromatic N) is 1. The van der Waals surface area contributed by atoms with Gasteiger partial charge in [-0.2, -0.15) is 0 Å². The van der Waals surface area contributed by atoms with E-state index in [0.717, 1.165) is 33.1 Å². The average molecular weight is 281 g/mol. The standard InChI is InChI=1S/C17H13ClN2/c18-14-7-3-12(4-8-14)16-2-1-11-20-17(16)13-5-9-15(19)10-6-13/h1-11H,19H2. The van der Waals surface area contributed by atoms with E-state index in [1.54, 1.807) is 6.20 Å². The van der Waals surface area contributed by atoms with Gasteiger partial charge >= 0.3 is 0 Å². The first-order valence-corrected chi connectivity index (χ1v) is 6.69. The lowest BCUT2D eigenvalue weighted by Gasteiger charge is -2.09. The topological polar surface area (TPSA) is 38.9 Å². The highest BCUT2D eigenvalue weighted by molar-refractivity contribution is 6.30.